The molecule has 0 aliphatic heterocycles. The van der Waals surface area contributed by atoms with Crippen molar-refractivity contribution in [3.8, 4) is 6.07 Å². The van der Waals surface area contributed by atoms with Crippen molar-refractivity contribution in [3.63, 3.8) is 0 Å². The van der Waals surface area contributed by atoms with E-state index in [4.69, 9.17) is 5.26 Å². The molecule has 0 bridgehead atoms. The summed E-state index contributed by atoms with van der Waals surface area (Å²) in [6.07, 6.45) is 0. The Morgan fingerprint density at radius 3 is 2.89 bits per heavy atom. The number of aromatic amines is 1. The van der Waals surface area contributed by atoms with E-state index >= 15 is 0 Å². The molecule has 19 heavy (non-hydrogen) atoms. The van der Waals surface area contributed by atoms with E-state index in [9.17, 15) is 8.42 Å². The molecule has 0 aliphatic carbocycles. The Morgan fingerprint density at radius 1 is 1.47 bits per heavy atom. The minimum atomic E-state index is -3.72. The summed E-state index contributed by atoms with van der Waals surface area (Å²) in [5.41, 5.74) is 0.838. The molecule has 0 amide bonds. The van der Waals surface area contributed by atoms with Crippen molar-refractivity contribution in [3.05, 3.63) is 35.2 Å². The molecule has 1 aromatic carbocycles. The Labute approximate surface area is 109 Å². The van der Waals surface area contributed by atoms with E-state index in [0.717, 1.165) is 0 Å². The molecule has 98 valence electrons. The molecule has 0 radical (unpaired) electrons. The molecule has 1 heterocycles. The summed E-state index contributed by atoms with van der Waals surface area (Å²) in [5.74, 6) is 0.234. The molecular weight excluding hydrogens is 268 g/mol. The number of hydrogen-bond donors (Lipinski definition) is 2. The minimum absolute atomic E-state index is 0.0649. The van der Waals surface area contributed by atoms with Crippen LogP contribution >= 0.6 is 0 Å². The average molecular weight is 278 g/mol. The molecule has 2 rings (SSSR count). The molecule has 0 saturated carbocycles. The number of nitrogens with one attached hydrogen (secondary N) is 2. The number of tetrazole rings is 1. The Bertz CT molecular complexity index is 717. The molecule has 0 atom stereocenters. The first kappa shape index (κ1) is 13.1. The largest absolute Gasteiger partial charge is 0.241 e. The number of benzene rings is 1. The summed E-state index contributed by atoms with van der Waals surface area (Å²) >= 11 is 0. The zero-order valence-corrected chi connectivity index (χ0v) is 10.8. The number of nitriles is 1. The first-order chi connectivity index (χ1) is 9.03. The van der Waals surface area contributed by atoms with Crippen molar-refractivity contribution in [1.29, 1.82) is 5.26 Å². The molecule has 0 fully saturated rings. The van der Waals surface area contributed by atoms with Crippen LogP contribution in [0.4, 0.5) is 0 Å². The van der Waals surface area contributed by atoms with E-state index in [2.05, 4.69) is 25.3 Å². The Morgan fingerprint density at radius 2 is 2.26 bits per heavy atom. The molecule has 2 aromatic rings. The fourth-order valence-electron chi connectivity index (χ4n) is 1.45. The van der Waals surface area contributed by atoms with Gasteiger partial charge in [-0.3, -0.25) is 0 Å². The number of aryl methyl sites for hydroxylation is 1. The van der Waals surface area contributed by atoms with Crippen LogP contribution in [-0.4, -0.2) is 29.0 Å². The number of nitrogens with zero attached hydrogens (tertiary/aromatic N) is 4. The van der Waals surface area contributed by atoms with Crippen molar-refractivity contribution >= 4 is 10.0 Å². The second-order valence-corrected chi connectivity index (χ2v) is 5.48. The standard InChI is InChI=1S/C10H10N6O2S/c1-7-2-3-8(5-11)4-9(7)19(17,18)12-6-10-13-15-16-14-10/h2-4,12H,6H2,1H3,(H,13,14,15,16). The quantitative estimate of drug-likeness (QED) is 0.801. The minimum Gasteiger partial charge on any atom is -0.207 e. The van der Waals surface area contributed by atoms with Crippen molar-refractivity contribution in [1.82, 2.24) is 25.3 Å². The lowest BCUT2D eigenvalue weighted by molar-refractivity contribution is 0.578. The van der Waals surface area contributed by atoms with E-state index in [0.29, 0.717) is 5.56 Å². The number of aromatic nitrogens is 4. The van der Waals surface area contributed by atoms with Gasteiger partial charge in [0.05, 0.1) is 23.1 Å². The van der Waals surface area contributed by atoms with Gasteiger partial charge in [0.25, 0.3) is 0 Å². The van der Waals surface area contributed by atoms with Crippen molar-refractivity contribution in [2.75, 3.05) is 0 Å². The van der Waals surface area contributed by atoms with Gasteiger partial charge in [0.15, 0.2) is 5.82 Å². The maximum Gasteiger partial charge on any atom is 0.241 e. The third-order valence-electron chi connectivity index (χ3n) is 2.42. The van der Waals surface area contributed by atoms with Gasteiger partial charge in [-0.25, -0.2) is 13.1 Å². The van der Waals surface area contributed by atoms with Gasteiger partial charge >= 0.3 is 0 Å². The zero-order chi connectivity index (χ0) is 13.9. The number of hydrogen-bond acceptors (Lipinski definition) is 6. The summed E-state index contributed by atoms with van der Waals surface area (Å²) in [5, 5.41) is 21.6. The Kier molecular flexibility index (Phi) is 3.55. The van der Waals surface area contributed by atoms with E-state index in [1.807, 2.05) is 6.07 Å². The Hall–Kier alpha value is -2.31. The van der Waals surface area contributed by atoms with Gasteiger partial charge in [0, 0.05) is 0 Å². The monoisotopic (exact) mass is 278 g/mol. The number of sulfonamides is 1. The molecule has 0 unspecified atom stereocenters. The van der Waals surface area contributed by atoms with Gasteiger partial charge in [-0.15, -0.1) is 10.2 Å². The van der Waals surface area contributed by atoms with Gasteiger partial charge in [-0.05, 0) is 24.6 Å². The maximum absolute atomic E-state index is 12.1. The van der Waals surface area contributed by atoms with Gasteiger partial charge in [0.2, 0.25) is 10.0 Å². The third-order valence-corrected chi connectivity index (χ3v) is 3.96. The fourth-order valence-corrected chi connectivity index (χ4v) is 2.70. The second kappa shape index (κ2) is 5.13. The molecule has 0 spiro atoms. The van der Waals surface area contributed by atoms with Crippen LogP contribution in [0, 0.1) is 18.3 Å². The van der Waals surface area contributed by atoms with Crippen LogP contribution in [0.15, 0.2) is 23.1 Å². The van der Waals surface area contributed by atoms with Gasteiger partial charge in [-0.1, -0.05) is 11.3 Å². The van der Waals surface area contributed by atoms with Gasteiger partial charge in [0.1, 0.15) is 0 Å². The molecule has 2 N–H and O–H groups in total. The van der Waals surface area contributed by atoms with E-state index in [-0.39, 0.29) is 22.8 Å². The predicted octanol–water partition coefficient (Wildman–Crippen LogP) is -0.142. The summed E-state index contributed by atoms with van der Waals surface area (Å²) in [4.78, 5) is 0.0649. The maximum atomic E-state index is 12.1. The first-order valence-electron chi connectivity index (χ1n) is 5.25. The van der Waals surface area contributed by atoms with Crippen LogP contribution in [-0.2, 0) is 16.6 Å². The lowest BCUT2D eigenvalue weighted by Crippen LogP contribution is -2.24. The molecule has 1 aromatic heterocycles. The van der Waals surface area contributed by atoms with Crippen LogP contribution in [0.3, 0.4) is 0 Å². The van der Waals surface area contributed by atoms with Crippen LogP contribution in [0.25, 0.3) is 0 Å². The van der Waals surface area contributed by atoms with Crippen LogP contribution in [0.2, 0.25) is 0 Å². The highest BCUT2D eigenvalue weighted by Gasteiger charge is 2.18. The average Bonchev–Trinajstić information content (AvgIpc) is 2.90. The van der Waals surface area contributed by atoms with Crippen LogP contribution < -0.4 is 4.72 Å². The lowest BCUT2D eigenvalue weighted by Gasteiger charge is -2.08. The summed E-state index contributed by atoms with van der Waals surface area (Å²) < 4.78 is 26.6. The highest BCUT2D eigenvalue weighted by atomic mass is 32.2. The van der Waals surface area contributed by atoms with Crippen LogP contribution in [0.5, 0.6) is 0 Å². The zero-order valence-electron chi connectivity index (χ0n) is 9.95. The van der Waals surface area contributed by atoms with E-state index in [1.54, 1.807) is 19.1 Å². The Balaban J connectivity index is 2.27. The van der Waals surface area contributed by atoms with Gasteiger partial charge < -0.3 is 0 Å². The van der Waals surface area contributed by atoms with E-state index in [1.165, 1.54) is 6.07 Å². The smallest absolute Gasteiger partial charge is 0.207 e. The predicted molar refractivity (Wildman–Crippen MR) is 64.1 cm³/mol. The normalized spacial score (nSPS) is 11.2. The lowest BCUT2D eigenvalue weighted by atomic mass is 10.2. The SMILES string of the molecule is Cc1ccc(C#N)cc1S(=O)(=O)NCc1nn[nH]n1. The highest BCUT2D eigenvalue weighted by Crippen LogP contribution is 2.16. The fraction of sp³-hybridized carbons (Fsp3) is 0.200. The number of rotatable bonds is 4. The van der Waals surface area contributed by atoms with Crippen molar-refractivity contribution in [2.45, 2.75) is 18.4 Å². The highest BCUT2D eigenvalue weighted by molar-refractivity contribution is 7.89. The topological polar surface area (TPSA) is 124 Å². The molecule has 8 nitrogen and oxygen atoms in total. The second-order valence-electron chi connectivity index (χ2n) is 3.74. The van der Waals surface area contributed by atoms with Crippen LogP contribution in [0.1, 0.15) is 17.0 Å². The van der Waals surface area contributed by atoms with E-state index < -0.39 is 10.0 Å². The van der Waals surface area contributed by atoms with Gasteiger partial charge in [-0.2, -0.15) is 10.5 Å². The summed E-state index contributed by atoms with van der Waals surface area (Å²) in [6.45, 7) is 1.58. The van der Waals surface area contributed by atoms with Crippen molar-refractivity contribution < 1.29 is 8.42 Å². The summed E-state index contributed by atoms with van der Waals surface area (Å²) in [7, 11) is -3.72. The molecule has 0 saturated heterocycles. The first-order valence-corrected chi connectivity index (χ1v) is 6.74. The third kappa shape index (κ3) is 2.93. The van der Waals surface area contributed by atoms with Crippen molar-refractivity contribution in [2.24, 2.45) is 0 Å². The summed E-state index contributed by atoms with van der Waals surface area (Å²) in [6, 6.07) is 6.38. The molecule has 0 aliphatic rings. The molecule has 9 heteroatoms. The molecular formula is C10H10N6O2S. The number of H-pyrrole nitrogens is 1.